The zero-order valence-corrected chi connectivity index (χ0v) is 18.1. The van der Waals surface area contributed by atoms with Crippen molar-refractivity contribution in [3.8, 4) is 11.5 Å². The van der Waals surface area contributed by atoms with Crippen molar-refractivity contribution in [2.75, 3.05) is 13.2 Å². The molecule has 0 saturated carbocycles. The molecule has 0 atom stereocenters. The Balaban J connectivity index is 0.00000480. The van der Waals surface area contributed by atoms with Crippen LogP contribution in [0.15, 0.2) is 23.0 Å². The fraction of sp³-hybridized carbons (Fsp3) is 0.500. The number of nitrogens with two attached hydrogens (primary N) is 2. The number of halogens is 4. The van der Waals surface area contributed by atoms with Crippen LogP contribution in [0.2, 0.25) is 0 Å². The first-order valence-electron chi connectivity index (χ1n) is 9.53. The second-order valence-corrected chi connectivity index (χ2v) is 7.32. The first-order valence-corrected chi connectivity index (χ1v) is 9.53. The van der Waals surface area contributed by atoms with E-state index in [1.165, 1.54) is 22.8 Å². The average Bonchev–Trinajstić information content (AvgIpc) is 2.65. The van der Waals surface area contributed by atoms with Gasteiger partial charge in [0.15, 0.2) is 6.61 Å². The van der Waals surface area contributed by atoms with Crippen LogP contribution in [0.3, 0.4) is 0 Å². The van der Waals surface area contributed by atoms with Crippen LogP contribution in [0.1, 0.15) is 32.4 Å². The summed E-state index contributed by atoms with van der Waals surface area (Å²) in [5, 5.41) is 0.666. The number of pyridine rings is 1. The Morgan fingerprint density at radius 2 is 1.87 bits per heavy atom. The normalized spacial score (nSPS) is 11.5. The van der Waals surface area contributed by atoms with Crippen LogP contribution in [0.4, 0.5) is 13.2 Å². The van der Waals surface area contributed by atoms with E-state index in [1.807, 2.05) is 13.8 Å². The van der Waals surface area contributed by atoms with Crippen molar-refractivity contribution in [3.05, 3.63) is 34.2 Å². The number of benzene rings is 1. The highest BCUT2D eigenvalue weighted by atomic mass is 35.5. The quantitative estimate of drug-likeness (QED) is 0.524. The topological polar surface area (TPSA) is 110 Å². The summed E-state index contributed by atoms with van der Waals surface area (Å²) in [6, 6.07) is 4.53. The summed E-state index contributed by atoms with van der Waals surface area (Å²) in [7, 11) is 0. The molecule has 2 rings (SSSR count). The summed E-state index contributed by atoms with van der Waals surface area (Å²) in [4.78, 5) is 24.0. The lowest BCUT2D eigenvalue weighted by molar-refractivity contribution is -0.136. The molecular weight excluding hydrogens is 439 g/mol. The van der Waals surface area contributed by atoms with Gasteiger partial charge in [0.25, 0.3) is 11.5 Å². The van der Waals surface area contributed by atoms with E-state index in [4.69, 9.17) is 20.9 Å². The molecule has 7 nitrogen and oxygen atoms in total. The predicted octanol–water partition coefficient (Wildman–Crippen LogP) is 3.12. The monoisotopic (exact) mass is 465 g/mol. The van der Waals surface area contributed by atoms with Crippen molar-refractivity contribution in [1.82, 2.24) is 4.57 Å². The largest absolute Gasteiger partial charge is 0.491 e. The molecule has 0 unspecified atom stereocenters. The minimum atomic E-state index is -4.28. The van der Waals surface area contributed by atoms with E-state index in [0.29, 0.717) is 23.0 Å². The molecular formula is C20H27ClF3N3O4. The summed E-state index contributed by atoms with van der Waals surface area (Å²) < 4.78 is 49.9. The van der Waals surface area contributed by atoms with Gasteiger partial charge in [-0.1, -0.05) is 13.8 Å². The molecule has 11 heteroatoms. The predicted molar refractivity (Wildman–Crippen MR) is 114 cm³/mol. The average molecular weight is 466 g/mol. The van der Waals surface area contributed by atoms with Gasteiger partial charge in [-0.25, -0.2) is 0 Å². The zero-order valence-electron chi connectivity index (χ0n) is 17.3. The van der Waals surface area contributed by atoms with Crippen LogP contribution in [0, 0.1) is 5.92 Å². The number of nitrogens with zero attached hydrogens (tertiary/aromatic N) is 1. The van der Waals surface area contributed by atoms with Crippen molar-refractivity contribution in [2.24, 2.45) is 17.4 Å². The Kier molecular flexibility index (Phi) is 9.64. The van der Waals surface area contributed by atoms with E-state index in [2.05, 4.69) is 0 Å². The molecule has 0 saturated heterocycles. The fourth-order valence-electron chi connectivity index (χ4n) is 3.06. The van der Waals surface area contributed by atoms with Crippen LogP contribution < -0.4 is 26.5 Å². The lowest BCUT2D eigenvalue weighted by Crippen LogP contribution is -2.28. The first kappa shape index (κ1) is 26.6. The molecule has 4 N–H and O–H groups in total. The highest BCUT2D eigenvalue weighted by molar-refractivity contribution is 5.90. The minimum Gasteiger partial charge on any atom is -0.491 e. The Bertz CT molecular complexity index is 961. The first-order chi connectivity index (χ1) is 14.0. The number of amides is 1. The van der Waals surface area contributed by atoms with Crippen molar-refractivity contribution >= 4 is 29.1 Å². The number of ether oxygens (including phenoxy) is 2. The summed E-state index contributed by atoms with van der Waals surface area (Å²) in [6.07, 6.45) is -5.51. The summed E-state index contributed by atoms with van der Waals surface area (Å²) in [5.41, 5.74) is 11.1. The van der Waals surface area contributed by atoms with Gasteiger partial charge in [-0.05, 0) is 30.5 Å². The Morgan fingerprint density at radius 1 is 1.19 bits per heavy atom. The molecule has 1 amide bonds. The number of hydrogen-bond acceptors (Lipinski definition) is 5. The third kappa shape index (κ3) is 7.32. The van der Waals surface area contributed by atoms with Gasteiger partial charge in [0.1, 0.15) is 11.5 Å². The molecule has 2 aromatic rings. The number of fused-ring (bicyclic) bond motifs is 1. The molecule has 0 fully saturated rings. The van der Waals surface area contributed by atoms with E-state index < -0.39 is 18.5 Å². The highest BCUT2D eigenvalue weighted by Crippen LogP contribution is 2.32. The number of alkyl halides is 3. The molecule has 0 aliphatic rings. The Hall–Kier alpha value is -2.46. The van der Waals surface area contributed by atoms with E-state index in [9.17, 15) is 22.8 Å². The van der Waals surface area contributed by atoms with Crippen LogP contribution in [0.5, 0.6) is 11.5 Å². The van der Waals surface area contributed by atoms with E-state index in [1.54, 1.807) is 0 Å². The molecule has 174 valence electrons. The van der Waals surface area contributed by atoms with Crippen LogP contribution in [-0.2, 0) is 17.9 Å². The SMILES string of the molecule is CC(C)Cn1c(CN)c(OCCCC(F)(F)F)c2cc(OCC(N)=O)ccc2c1=O.Cl. The van der Waals surface area contributed by atoms with Crippen molar-refractivity contribution < 1.29 is 27.4 Å². The van der Waals surface area contributed by atoms with Gasteiger partial charge in [0, 0.05) is 24.9 Å². The van der Waals surface area contributed by atoms with Crippen molar-refractivity contribution in [1.29, 1.82) is 0 Å². The van der Waals surface area contributed by atoms with Gasteiger partial charge in [-0.15, -0.1) is 12.4 Å². The smallest absolute Gasteiger partial charge is 0.389 e. The Morgan fingerprint density at radius 3 is 2.42 bits per heavy atom. The standard InChI is InChI=1S/C20H26F3N3O4.ClH/c1-12(2)10-26-16(9-24)18(29-7-3-6-20(21,22)23)15-8-13(30-11-17(25)27)4-5-14(15)19(26)28;/h4-5,8,12H,3,6-7,9-11,24H2,1-2H3,(H2,25,27);1H. The van der Waals surface area contributed by atoms with E-state index >= 15 is 0 Å². The van der Waals surface area contributed by atoms with Gasteiger partial charge in [-0.3, -0.25) is 9.59 Å². The van der Waals surface area contributed by atoms with E-state index in [-0.39, 0.29) is 61.6 Å². The van der Waals surface area contributed by atoms with Crippen molar-refractivity contribution in [2.45, 2.75) is 46.0 Å². The summed E-state index contributed by atoms with van der Waals surface area (Å²) in [6.45, 7) is 3.64. The van der Waals surface area contributed by atoms with Gasteiger partial charge in [-0.2, -0.15) is 13.2 Å². The molecule has 1 aromatic carbocycles. The summed E-state index contributed by atoms with van der Waals surface area (Å²) >= 11 is 0. The second kappa shape index (κ2) is 11.2. The summed E-state index contributed by atoms with van der Waals surface area (Å²) in [5.74, 6) is -0.0414. The number of aromatic nitrogens is 1. The third-order valence-corrected chi connectivity index (χ3v) is 4.27. The van der Waals surface area contributed by atoms with Crippen LogP contribution in [0.25, 0.3) is 10.8 Å². The molecule has 0 radical (unpaired) electrons. The molecule has 0 aliphatic carbocycles. The number of rotatable bonds is 10. The zero-order chi connectivity index (χ0) is 22.5. The fourth-order valence-corrected chi connectivity index (χ4v) is 3.06. The Labute approximate surface area is 183 Å². The molecule has 0 spiro atoms. The van der Waals surface area contributed by atoms with Crippen LogP contribution >= 0.6 is 12.4 Å². The van der Waals surface area contributed by atoms with Gasteiger partial charge in [0.2, 0.25) is 0 Å². The number of carbonyl (C=O) groups excluding carboxylic acids is 1. The molecule has 0 aliphatic heterocycles. The number of primary amides is 1. The van der Waals surface area contributed by atoms with Crippen molar-refractivity contribution in [3.63, 3.8) is 0 Å². The van der Waals surface area contributed by atoms with Gasteiger partial charge < -0.3 is 25.5 Å². The lowest BCUT2D eigenvalue weighted by atomic mass is 10.1. The molecule has 31 heavy (non-hydrogen) atoms. The third-order valence-electron chi connectivity index (χ3n) is 4.27. The van der Waals surface area contributed by atoms with E-state index in [0.717, 1.165) is 0 Å². The number of carbonyl (C=O) groups is 1. The maximum Gasteiger partial charge on any atom is 0.389 e. The maximum absolute atomic E-state index is 13.0. The molecule has 1 aromatic heterocycles. The highest BCUT2D eigenvalue weighted by Gasteiger charge is 2.26. The van der Waals surface area contributed by atoms with Gasteiger partial charge in [0.05, 0.1) is 17.7 Å². The van der Waals surface area contributed by atoms with Crippen LogP contribution in [-0.4, -0.2) is 29.9 Å². The lowest BCUT2D eigenvalue weighted by Gasteiger charge is -2.21. The number of hydrogen-bond donors (Lipinski definition) is 2. The molecule has 0 bridgehead atoms. The maximum atomic E-state index is 13.0. The second-order valence-electron chi connectivity index (χ2n) is 7.32. The van der Waals surface area contributed by atoms with Gasteiger partial charge >= 0.3 is 6.18 Å². The molecule has 1 heterocycles. The minimum absolute atomic E-state index is 0.